The van der Waals surface area contributed by atoms with Crippen LogP contribution in [0.2, 0.25) is 0 Å². The Balaban J connectivity index is 2.30. The fourth-order valence-electron chi connectivity index (χ4n) is 2.71. The maximum atomic E-state index is 11.7. The van der Waals surface area contributed by atoms with Crippen molar-refractivity contribution >= 4 is 21.9 Å². The molecule has 0 radical (unpaired) electrons. The van der Waals surface area contributed by atoms with E-state index < -0.39 is 11.4 Å². The summed E-state index contributed by atoms with van der Waals surface area (Å²) in [6.45, 7) is 6.55. The van der Waals surface area contributed by atoms with Gasteiger partial charge in [-0.15, -0.1) is 0 Å². The number of halogens is 1. The van der Waals surface area contributed by atoms with Crippen molar-refractivity contribution in [3.05, 3.63) is 34.3 Å². The Hall–Kier alpha value is -0.830. The van der Waals surface area contributed by atoms with Gasteiger partial charge in [-0.3, -0.25) is 4.79 Å². The Morgan fingerprint density at radius 2 is 2.00 bits per heavy atom. The largest absolute Gasteiger partial charge is 0.481 e. The van der Waals surface area contributed by atoms with Crippen LogP contribution >= 0.6 is 15.9 Å². The first-order chi connectivity index (χ1) is 8.25. The van der Waals surface area contributed by atoms with E-state index in [2.05, 4.69) is 36.7 Å². The molecular weight excluding hydrogens is 292 g/mol. The van der Waals surface area contributed by atoms with E-state index in [0.29, 0.717) is 5.92 Å². The van der Waals surface area contributed by atoms with Gasteiger partial charge in [-0.25, -0.2) is 0 Å². The molecule has 1 saturated carbocycles. The molecule has 1 aromatic carbocycles. The minimum absolute atomic E-state index is 0.185. The highest BCUT2D eigenvalue weighted by atomic mass is 79.9. The molecule has 0 amide bonds. The molecule has 0 bridgehead atoms. The van der Waals surface area contributed by atoms with E-state index in [1.165, 1.54) is 0 Å². The summed E-state index contributed by atoms with van der Waals surface area (Å²) in [5, 5.41) is 9.60. The average molecular weight is 311 g/mol. The van der Waals surface area contributed by atoms with Crippen LogP contribution in [0.25, 0.3) is 0 Å². The van der Waals surface area contributed by atoms with E-state index in [0.717, 1.165) is 22.9 Å². The third kappa shape index (κ3) is 2.20. The molecule has 0 aromatic heterocycles. The van der Waals surface area contributed by atoms with Crippen LogP contribution < -0.4 is 0 Å². The summed E-state index contributed by atoms with van der Waals surface area (Å²) in [7, 11) is 0. The van der Waals surface area contributed by atoms with E-state index >= 15 is 0 Å². The minimum Gasteiger partial charge on any atom is -0.481 e. The lowest BCUT2D eigenvalue weighted by Gasteiger charge is -2.50. The maximum absolute atomic E-state index is 11.7. The Morgan fingerprint density at radius 1 is 1.39 bits per heavy atom. The number of rotatable bonds is 2. The van der Waals surface area contributed by atoms with Crippen LogP contribution in [0.3, 0.4) is 0 Å². The monoisotopic (exact) mass is 310 g/mol. The van der Waals surface area contributed by atoms with Gasteiger partial charge in [0.15, 0.2) is 0 Å². The maximum Gasteiger partial charge on any atom is 0.314 e. The van der Waals surface area contributed by atoms with Crippen molar-refractivity contribution in [3.8, 4) is 0 Å². The second-order valence-electron chi connectivity index (χ2n) is 6.37. The van der Waals surface area contributed by atoms with Crippen molar-refractivity contribution in [1.82, 2.24) is 0 Å². The smallest absolute Gasteiger partial charge is 0.314 e. The van der Waals surface area contributed by atoms with E-state index in [1.54, 1.807) is 0 Å². The second kappa shape index (κ2) is 4.37. The summed E-state index contributed by atoms with van der Waals surface area (Å²) >= 11 is 3.42. The van der Waals surface area contributed by atoms with Crippen molar-refractivity contribution < 1.29 is 9.90 Å². The molecule has 3 heteroatoms. The molecular formula is C15H19BrO2. The Labute approximate surface area is 117 Å². The third-order valence-corrected chi connectivity index (χ3v) is 4.69. The molecule has 0 atom stereocenters. The SMILES string of the molecule is CC(C)(C)C1CC(C(=O)O)(c2cccc(Br)c2)C1. The zero-order valence-electron chi connectivity index (χ0n) is 11.0. The topological polar surface area (TPSA) is 37.3 Å². The molecule has 2 nitrogen and oxygen atoms in total. The van der Waals surface area contributed by atoms with Crippen LogP contribution in [-0.2, 0) is 10.2 Å². The first-order valence-corrected chi connectivity index (χ1v) is 7.04. The van der Waals surface area contributed by atoms with Gasteiger partial charge < -0.3 is 5.11 Å². The summed E-state index contributed by atoms with van der Waals surface area (Å²) < 4.78 is 0.944. The van der Waals surface area contributed by atoms with Crippen molar-refractivity contribution in [3.63, 3.8) is 0 Å². The number of hydrogen-bond acceptors (Lipinski definition) is 1. The van der Waals surface area contributed by atoms with Crippen LogP contribution in [0.5, 0.6) is 0 Å². The fraction of sp³-hybridized carbons (Fsp3) is 0.533. The van der Waals surface area contributed by atoms with Gasteiger partial charge in [0.2, 0.25) is 0 Å². The molecule has 1 aliphatic rings. The quantitative estimate of drug-likeness (QED) is 0.887. The van der Waals surface area contributed by atoms with Gasteiger partial charge in [-0.2, -0.15) is 0 Å². The molecule has 98 valence electrons. The van der Waals surface area contributed by atoms with E-state index in [-0.39, 0.29) is 5.41 Å². The Bertz CT molecular complexity index is 468. The van der Waals surface area contributed by atoms with Gasteiger partial charge in [0.05, 0.1) is 5.41 Å². The van der Waals surface area contributed by atoms with Gasteiger partial charge in [-0.1, -0.05) is 48.8 Å². The fourth-order valence-corrected chi connectivity index (χ4v) is 3.11. The van der Waals surface area contributed by atoms with Crippen molar-refractivity contribution in [2.75, 3.05) is 0 Å². The normalized spacial score (nSPS) is 27.7. The van der Waals surface area contributed by atoms with Crippen molar-refractivity contribution in [1.29, 1.82) is 0 Å². The summed E-state index contributed by atoms with van der Waals surface area (Å²) in [6, 6.07) is 7.71. The van der Waals surface area contributed by atoms with Crippen LogP contribution in [0.15, 0.2) is 28.7 Å². The molecule has 2 rings (SSSR count). The Kier molecular flexibility index (Phi) is 3.30. The molecule has 0 heterocycles. The van der Waals surface area contributed by atoms with Gasteiger partial charge in [0.25, 0.3) is 0 Å². The third-order valence-electron chi connectivity index (χ3n) is 4.20. The molecule has 1 N–H and O–H groups in total. The molecule has 1 fully saturated rings. The van der Waals surface area contributed by atoms with Gasteiger partial charge in [0, 0.05) is 4.47 Å². The molecule has 0 aliphatic heterocycles. The summed E-state index contributed by atoms with van der Waals surface area (Å²) in [6.07, 6.45) is 1.48. The summed E-state index contributed by atoms with van der Waals surface area (Å²) in [5.74, 6) is -0.214. The van der Waals surface area contributed by atoms with E-state index in [9.17, 15) is 9.90 Å². The molecule has 0 unspecified atom stereocenters. The lowest BCUT2D eigenvalue weighted by Crippen LogP contribution is -2.51. The molecule has 1 aromatic rings. The molecule has 18 heavy (non-hydrogen) atoms. The number of benzene rings is 1. The van der Waals surface area contributed by atoms with Crippen molar-refractivity contribution in [2.24, 2.45) is 11.3 Å². The second-order valence-corrected chi connectivity index (χ2v) is 7.28. The summed E-state index contributed by atoms with van der Waals surface area (Å²) in [4.78, 5) is 11.7. The van der Waals surface area contributed by atoms with Crippen LogP contribution in [0.4, 0.5) is 0 Å². The first kappa shape index (κ1) is 13.6. The first-order valence-electron chi connectivity index (χ1n) is 6.25. The molecule has 0 spiro atoms. The standard InChI is InChI=1S/C15H19BrO2/c1-14(2,3)11-8-15(9-11,13(17)18)10-5-4-6-12(16)7-10/h4-7,11H,8-9H2,1-3H3,(H,17,18). The minimum atomic E-state index is -0.693. The zero-order chi connectivity index (χ0) is 13.6. The highest BCUT2D eigenvalue weighted by Crippen LogP contribution is 2.54. The molecule has 1 aliphatic carbocycles. The number of carboxylic acid groups (broad SMARTS) is 1. The number of aliphatic carboxylic acids is 1. The predicted molar refractivity (Wildman–Crippen MR) is 75.6 cm³/mol. The lowest BCUT2D eigenvalue weighted by atomic mass is 9.52. The predicted octanol–water partition coefficient (Wildman–Crippen LogP) is 4.23. The van der Waals surface area contributed by atoms with Crippen LogP contribution in [0.1, 0.15) is 39.2 Å². The van der Waals surface area contributed by atoms with Gasteiger partial charge in [-0.05, 0) is 41.9 Å². The van der Waals surface area contributed by atoms with Crippen molar-refractivity contribution in [2.45, 2.75) is 39.0 Å². The number of carboxylic acids is 1. The highest BCUT2D eigenvalue weighted by Gasteiger charge is 2.54. The highest BCUT2D eigenvalue weighted by molar-refractivity contribution is 9.10. The Morgan fingerprint density at radius 3 is 2.44 bits per heavy atom. The van der Waals surface area contributed by atoms with Crippen LogP contribution in [-0.4, -0.2) is 11.1 Å². The van der Waals surface area contributed by atoms with Gasteiger partial charge in [0.1, 0.15) is 0 Å². The zero-order valence-corrected chi connectivity index (χ0v) is 12.6. The van der Waals surface area contributed by atoms with Gasteiger partial charge >= 0.3 is 5.97 Å². The average Bonchev–Trinajstić information content (AvgIpc) is 2.12. The lowest BCUT2D eigenvalue weighted by molar-refractivity contribution is -0.152. The number of hydrogen-bond donors (Lipinski definition) is 1. The number of carbonyl (C=O) groups is 1. The van der Waals surface area contributed by atoms with Crippen LogP contribution in [0, 0.1) is 11.3 Å². The molecule has 0 saturated heterocycles. The van der Waals surface area contributed by atoms with E-state index in [4.69, 9.17) is 0 Å². The summed E-state index contributed by atoms with van der Waals surface area (Å²) in [5.41, 5.74) is 0.428. The van der Waals surface area contributed by atoms with E-state index in [1.807, 2.05) is 24.3 Å².